The van der Waals surface area contributed by atoms with Gasteiger partial charge in [-0.2, -0.15) is 0 Å². The fourth-order valence-corrected chi connectivity index (χ4v) is 3.44. The number of nitrogens with one attached hydrogen (secondary N) is 2. The maximum absolute atomic E-state index is 12.0. The van der Waals surface area contributed by atoms with Crippen molar-refractivity contribution < 1.29 is 9.53 Å². The molecule has 1 aliphatic rings. The van der Waals surface area contributed by atoms with Crippen molar-refractivity contribution in [3.05, 3.63) is 28.8 Å². The summed E-state index contributed by atoms with van der Waals surface area (Å²) in [5.41, 5.74) is 0.958. The number of morpholine rings is 1. The van der Waals surface area contributed by atoms with E-state index in [9.17, 15) is 4.79 Å². The summed E-state index contributed by atoms with van der Waals surface area (Å²) in [5.74, 6) is -0.0767. The van der Waals surface area contributed by atoms with E-state index in [4.69, 9.17) is 4.74 Å². The smallest absolute Gasteiger partial charge is 0.261 e. The van der Waals surface area contributed by atoms with Gasteiger partial charge >= 0.3 is 0 Å². The lowest BCUT2D eigenvalue weighted by molar-refractivity contribution is 0.0282. The lowest BCUT2D eigenvalue weighted by atomic mass is 10.0. The van der Waals surface area contributed by atoms with Crippen LogP contribution in [0.25, 0.3) is 10.2 Å². The number of rotatable bonds is 2. The summed E-state index contributed by atoms with van der Waals surface area (Å²) in [4.78, 5) is 18.0. The predicted molar refractivity (Wildman–Crippen MR) is 74.6 cm³/mol. The molecule has 1 saturated heterocycles. The maximum atomic E-state index is 12.0. The van der Waals surface area contributed by atoms with E-state index in [2.05, 4.69) is 15.6 Å². The van der Waals surface area contributed by atoms with Crippen molar-refractivity contribution >= 4 is 27.5 Å². The standard InChI is InChI=1S/C13H15N3O2S/c1-14-12(17)11-10(9-7-15-5-6-18-9)8-3-2-4-16-13(8)19-11/h2-4,9,15H,5-7H2,1H3,(H,14,17). The summed E-state index contributed by atoms with van der Waals surface area (Å²) in [6.45, 7) is 2.24. The quantitative estimate of drug-likeness (QED) is 0.869. The third-order valence-corrected chi connectivity index (χ3v) is 4.32. The molecule has 1 fully saturated rings. The number of hydrogen-bond acceptors (Lipinski definition) is 5. The Morgan fingerprint density at radius 3 is 3.26 bits per heavy atom. The Morgan fingerprint density at radius 2 is 2.53 bits per heavy atom. The van der Waals surface area contributed by atoms with Gasteiger partial charge in [-0.1, -0.05) is 6.07 Å². The van der Waals surface area contributed by atoms with Crippen molar-refractivity contribution in [3.63, 3.8) is 0 Å². The van der Waals surface area contributed by atoms with Crippen LogP contribution < -0.4 is 10.6 Å². The highest BCUT2D eigenvalue weighted by Crippen LogP contribution is 2.36. The van der Waals surface area contributed by atoms with E-state index in [1.807, 2.05) is 12.1 Å². The zero-order valence-electron chi connectivity index (χ0n) is 10.6. The second-order valence-electron chi connectivity index (χ2n) is 4.34. The molecule has 0 aromatic carbocycles. The maximum Gasteiger partial charge on any atom is 0.261 e. The van der Waals surface area contributed by atoms with Gasteiger partial charge < -0.3 is 15.4 Å². The molecule has 19 heavy (non-hydrogen) atoms. The number of thiophene rings is 1. The molecule has 1 aliphatic heterocycles. The van der Waals surface area contributed by atoms with Crippen LogP contribution in [0.15, 0.2) is 18.3 Å². The molecule has 2 aromatic rings. The second-order valence-corrected chi connectivity index (χ2v) is 5.34. The van der Waals surface area contributed by atoms with Crippen molar-refractivity contribution in [3.8, 4) is 0 Å². The fourth-order valence-electron chi connectivity index (χ4n) is 2.30. The summed E-state index contributed by atoms with van der Waals surface area (Å²) in [7, 11) is 1.64. The number of ether oxygens (including phenoxy) is 1. The summed E-state index contributed by atoms with van der Waals surface area (Å²) < 4.78 is 5.80. The van der Waals surface area contributed by atoms with Gasteiger partial charge in [0.05, 0.1) is 12.7 Å². The SMILES string of the molecule is CNC(=O)c1sc2ncccc2c1C1CNCCO1. The van der Waals surface area contributed by atoms with Crippen LogP contribution >= 0.6 is 11.3 Å². The first-order valence-electron chi connectivity index (χ1n) is 6.23. The van der Waals surface area contributed by atoms with E-state index in [1.54, 1.807) is 13.2 Å². The van der Waals surface area contributed by atoms with Crippen LogP contribution in [0.3, 0.4) is 0 Å². The minimum Gasteiger partial charge on any atom is -0.371 e. The topological polar surface area (TPSA) is 63.2 Å². The minimum atomic E-state index is -0.0843. The Labute approximate surface area is 115 Å². The van der Waals surface area contributed by atoms with Gasteiger partial charge in [-0.15, -0.1) is 11.3 Å². The molecule has 2 N–H and O–H groups in total. The Kier molecular flexibility index (Phi) is 3.46. The molecule has 100 valence electrons. The molecule has 0 spiro atoms. The molecule has 2 aromatic heterocycles. The fraction of sp³-hybridized carbons (Fsp3) is 0.385. The Balaban J connectivity index is 2.15. The third-order valence-electron chi connectivity index (χ3n) is 3.19. The van der Waals surface area contributed by atoms with Crippen molar-refractivity contribution in [1.82, 2.24) is 15.6 Å². The highest BCUT2D eigenvalue weighted by molar-refractivity contribution is 7.20. The van der Waals surface area contributed by atoms with Crippen molar-refractivity contribution in [2.75, 3.05) is 26.7 Å². The Bertz CT molecular complexity index is 605. The molecule has 0 aliphatic carbocycles. The molecule has 0 saturated carbocycles. The van der Waals surface area contributed by atoms with Crippen LogP contribution in [0.4, 0.5) is 0 Å². The van der Waals surface area contributed by atoms with Gasteiger partial charge in [0.1, 0.15) is 9.71 Å². The van der Waals surface area contributed by atoms with Gasteiger partial charge in [0.2, 0.25) is 0 Å². The summed E-state index contributed by atoms with van der Waals surface area (Å²) >= 11 is 1.42. The number of nitrogens with zero attached hydrogens (tertiary/aromatic N) is 1. The number of amides is 1. The summed E-state index contributed by atoms with van der Waals surface area (Å²) in [5, 5.41) is 7.00. The number of fused-ring (bicyclic) bond motifs is 1. The number of carbonyl (C=O) groups is 1. The molecule has 3 rings (SSSR count). The van der Waals surface area contributed by atoms with Crippen LogP contribution in [0.5, 0.6) is 0 Å². The van der Waals surface area contributed by atoms with Gasteiger partial charge in [0, 0.05) is 37.3 Å². The molecule has 0 bridgehead atoms. The molecule has 1 unspecified atom stereocenters. The van der Waals surface area contributed by atoms with E-state index in [1.165, 1.54) is 11.3 Å². The van der Waals surface area contributed by atoms with Crippen LogP contribution in [-0.2, 0) is 4.74 Å². The number of pyridine rings is 1. The lowest BCUT2D eigenvalue weighted by Crippen LogP contribution is -2.34. The van der Waals surface area contributed by atoms with Gasteiger partial charge in [-0.25, -0.2) is 4.98 Å². The highest BCUT2D eigenvalue weighted by Gasteiger charge is 2.26. The van der Waals surface area contributed by atoms with E-state index >= 15 is 0 Å². The van der Waals surface area contributed by atoms with E-state index in [0.717, 1.165) is 28.9 Å². The zero-order chi connectivity index (χ0) is 13.2. The summed E-state index contributed by atoms with van der Waals surface area (Å²) in [6.07, 6.45) is 1.66. The molecule has 1 amide bonds. The minimum absolute atomic E-state index is 0.0767. The first kappa shape index (κ1) is 12.5. The predicted octanol–water partition coefficient (Wildman–Crippen LogP) is 1.32. The van der Waals surface area contributed by atoms with Crippen LogP contribution in [0.2, 0.25) is 0 Å². The molecule has 1 atom stereocenters. The monoisotopic (exact) mass is 277 g/mol. The molecule has 6 heteroatoms. The number of carbonyl (C=O) groups excluding carboxylic acids is 1. The highest BCUT2D eigenvalue weighted by atomic mass is 32.1. The molecule has 3 heterocycles. The van der Waals surface area contributed by atoms with Crippen LogP contribution in [0.1, 0.15) is 21.3 Å². The largest absolute Gasteiger partial charge is 0.371 e. The van der Waals surface area contributed by atoms with Crippen molar-refractivity contribution in [2.24, 2.45) is 0 Å². The molecular formula is C13H15N3O2S. The molecule has 0 radical (unpaired) electrons. The normalized spacial score (nSPS) is 19.5. The van der Waals surface area contributed by atoms with E-state index in [-0.39, 0.29) is 12.0 Å². The van der Waals surface area contributed by atoms with Gasteiger partial charge in [-0.05, 0) is 6.07 Å². The first-order valence-corrected chi connectivity index (χ1v) is 7.04. The van der Waals surface area contributed by atoms with Gasteiger partial charge in [-0.3, -0.25) is 4.79 Å². The van der Waals surface area contributed by atoms with Gasteiger partial charge in [0.25, 0.3) is 5.91 Å². The van der Waals surface area contributed by atoms with E-state index < -0.39 is 0 Å². The van der Waals surface area contributed by atoms with Crippen LogP contribution in [-0.4, -0.2) is 37.6 Å². The lowest BCUT2D eigenvalue weighted by Gasteiger charge is -2.24. The average molecular weight is 277 g/mol. The zero-order valence-corrected chi connectivity index (χ0v) is 11.4. The average Bonchev–Trinajstić information content (AvgIpc) is 2.86. The van der Waals surface area contributed by atoms with Crippen molar-refractivity contribution in [1.29, 1.82) is 0 Å². The Morgan fingerprint density at radius 1 is 1.63 bits per heavy atom. The number of aromatic nitrogens is 1. The first-order chi connectivity index (χ1) is 9.31. The van der Waals surface area contributed by atoms with Crippen molar-refractivity contribution in [2.45, 2.75) is 6.10 Å². The third kappa shape index (κ3) is 2.22. The number of hydrogen-bond donors (Lipinski definition) is 2. The summed E-state index contributed by atoms with van der Waals surface area (Å²) in [6, 6.07) is 3.89. The van der Waals surface area contributed by atoms with Gasteiger partial charge in [0.15, 0.2) is 0 Å². The van der Waals surface area contributed by atoms with E-state index in [0.29, 0.717) is 11.5 Å². The Hall–Kier alpha value is -1.50. The second kappa shape index (κ2) is 5.24. The molecular weight excluding hydrogens is 262 g/mol. The molecule has 5 nitrogen and oxygen atoms in total. The van der Waals surface area contributed by atoms with Crippen LogP contribution in [0, 0.1) is 0 Å².